The van der Waals surface area contributed by atoms with Gasteiger partial charge < -0.3 is 19.1 Å². The molecule has 1 spiro atoms. The van der Waals surface area contributed by atoms with Crippen LogP contribution in [-0.2, 0) is 9.53 Å². The van der Waals surface area contributed by atoms with Gasteiger partial charge in [-0.1, -0.05) is 17.3 Å². The number of carbonyl (C=O) groups is 2. The molecule has 0 saturated carbocycles. The Balaban J connectivity index is 1.20. The number of piperidine rings is 1. The number of benzene rings is 2. The third kappa shape index (κ3) is 3.13. The van der Waals surface area contributed by atoms with Crippen molar-refractivity contribution in [2.75, 3.05) is 13.1 Å². The molecule has 1 aromatic heterocycles. The number of carbonyl (C=O) groups excluding carboxylic acids is 2. The van der Waals surface area contributed by atoms with Gasteiger partial charge in [-0.05, 0) is 42.7 Å². The zero-order valence-electron chi connectivity index (χ0n) is 17.7. The van der Waals surface area contributed by atoms with Crippen molar-refractivity contribution in [1.29, 1.82) is 0 Å². The van der Waals surface area contributed by atoms with Crippen LogP contribution in [0, 0.1) is 11.6 Å². The normalized spacial score (nSPS) is 24.1. The van der Waals surface area contributed by atoms with Gasteiger partial charge in [0.15, 0.2) is 5.60 Å². The molecule has 2 atom stereocenters. The molecule has 7 nitrogen and oxygen atoms in total. The molecule has 3 saturated heterocycles. The van der Waals surface area contributed by atoms with Crippen molar-refractivity contribution in [1.82, 2.24) is 15.0 Å². The van der Waals surface area contributed by atoms with E-state index in [2.05, 4.69) is 5.16 Å². The summed E-state index contributed by atoms with van der Waals surface area (Å²) in [4.78, 5) is 29.8. The number of likely N-dealkylation sites (tertiary alicyclic amines) is 1. The Morgan fingerprint density at radius 2 is 1.79 bits per heavy atom. The minimum atomic E-state index is -1.02. The predicted molar refractivity (Wildman–Crippen MR) is 112 cm³/mol. The maximum absolute atomic E-state index is 13.8. The van der Waals surface area contributed by atoms with Gasteiger partial charge in [-0.3, -0.25) is 9.59 Å². The van der Waals surface area contributed by atoms with Crippen molar-refractivity contribution in [2.24, 2.45) is 0 Å². The van der Waals surface area contributed by atoms with Crippen LogP contribution in [0.15, 0.2) is 47.0 Å². The van der Waals surface area contributed by atoms with Gasteiger partial charge in [0.2, 0.25) is 5.76 Å². The van der Waals surface area contributed by atoms with Gasteiger partial charge in [0.25, 0.3) is 11.8 Å². The van der Waals surface area contributed by atoms with Gasteiger partial charge in [0.1, 0.15) is 23.4 Å². The summed E-state index contributed by atoms with van der Waals surface area (Å²) < 4.78 is 39.1. The average Bonchev–Trinajstić information content (AvgIpc) is 3.48. The van der Waals surface area contributed by atoms with Crippen LogP contribution >= 0.6 is 0 Å². The molecule has 2 aromatic carbocycles. The maximum Gasteiger partial charge on any atom is 0.293 e. The van der Waals surface area contributed by atoms with Crippen LogP contribution in [0.2, 0.25) is 0 Å². The van der Waals surface area contributed by atoms with Crippen LogP contribution in [0.4, 0.5) is 8.78 Å². The molecule has 0 unspecified atom stereocenters. The Kier molecular flexibility index (Phi) is 4.52. The summed E-state index contributed by atoms with van der Waals surface area (Å²) in [6, 6.07) is 10.2. The molecule has 4 heterocycles. The highest BCUT2D eigenvalue weighted by Gasteiger charge is 2.58. The third-order valence-corrected chi connectivity index (χ3v) is 7.03. The molecule has 0 radical (unpaired) electrons. The maximum atomic E-state index is 13.8. The first-order chi connectivity index (χ1) is 15.9. The van der Waals surface area contributed by atoms with Gasteiger partial charge in [-0.15, -0.1) is 0 Å². The summed E-state index contributed by atoms with van der Waals surface area (Å²) in [6.45, 7) is 0.666. The first kappa shape index (κ1) is 20.3. The fourth-order valence-electron chi connectivity index (χ4n) is 5.40. The number of ether oxygens (including phenoxy) is 1. The predicted octanol–water partition coefficient (Wildman–Crippen LogP) is 3.80. The zero-order chi connectivity index (χ0) is 22.7. The van der Waals surface area contributed by atoms with Crippen LogP contribution in [0.5, 0.6) is 0 Å². The molecule has 3 aliphatic rings. The topological polar surface area (TPSA) is 75.9 Å². The first-order valence-electron chi connectivity index (χ1n) is 11.1. The lowest BCUT2D eigenvalue weighted by Crippen LogP contribution is -2.51. The van der Waals surface area contributed by atoms with E-state index in [1.807, 2.05) is 12.1 Å². The highest BCUT2D eigenvalue weighted by molar-refractivity contribution is 6.03. The number of amides is 2. The number of hydrogen-bond donors (Lipinski definition) is 0. The van der Waals surface area contributed by atoms with E-state index in [0.29, 0.717) is 55.2 Å². The van der Waals surface area contributed by atoms with Crippen LogP contribution in [0.1, 0.15) is 47.8 Å². The van der Waals surface area contributed by atoms with Gasteiger partial charge in [0, 0.05) is 32.0 Å². The summed E-state index contributed by atoms with van der Waals surface area (Å²) in [5, 5.41) is 4.60. The second kappa shape index (κ2) is 7.34. The Labute approximate surface area is 187 Å². The second-order valence-corrected chi connectivity index (χ2v) is 8.90. The largest absolute Gasteiger partial charge is 0.350 e. The lowest BCUT2D eigenvalue weighted by atomic mass is 9.89. The standard InChI is InChI=1S/C24H21F2N3O4/c25-15-11-14(12-16(26)13-15)19-5-6-20-29(19)23(31)24(32-20)7-9-28(10-8-24)22(30)21-17-3-1-2-4-18(17)27-33-21/h1-4,11-13,19-20H,5-10H2/t19-,20+/m0/s1. The third-order valence-electron chi connectivity index (χ3n) is 7.03. The fraction of sp³-hybridized carbons (Fsp3) is 0.375. The number of rotatable bonds is 2. The summed E-state index contributed by atoms with van der Waals surface area (Å²) in [6.07, 6.45) is 1.46. The lowest BCUT2D eigenvalue weighted by Gasteiger charge is -2.37. The van der Waals surface area contributed by atoms with Crippen molar-refractivity contribution >= 4 is 22.7 Å². The Morgan fingerprint density at radius 1 is 1.06 bits per heavy atom. The molecule has 33 heavy (non-hydrogen) atoms. The summed E-state index contributed by atoms with van der Waals surface area (Å²) >= 11 is 0. The zero-order valence-corrected chi connectivity index (χ0v) is 17.7. The second-order valence-electron chi connectivity index (χ2n) is 8.90. The number of hydrogen-bond acceptors (Lipinski definition) is 5. The summed E-state index contributed by atoms with van der Waals surface area (Å²) in [5.41, 5.74) is 0.0352. The van der Waals surface area contributed by atoms with Crippen molar-refractivity contribution in [3.63, 3.8) is 0 Å². The average molecular weight is 453 g/mol. The highest BCUT2D eigenvalue weighted by Crippen LogP contribution is 2.47. The lowest BCUT2D eigenvalue weighted by molar-refractivity contribution is -0.142. The van der Waals surface area contributed by atoms with Crippen molar-refractivity contribution in [3.8, 4) is 0 Å². The van der Waals surface area contributed by atoms with E-state index in [0.717, 1.165) is 6.07 Å². The number of halogens is 2. The minimum Gasteiger partial charge on any atom is -0.350 e. The minimum absolute atomic E-state index is 0.170. The Hall–Kier alpha value is -3.33. The van der Waals surface area contributed by atoms with E-state index in [9.17, 15) is 18.4 Å². The number of aromatic nitrogens is 1. The van der Waals surface area contributed by atoms with E-state index >= 15 is 0 Å². The molecule has 0 bridgehead atoms. The molecule has 3 aromatic rings. The van der Waals surface area contributed by atoms with Gasteiger partial charge in [-0.25, -0.2) is 8.78 Å². The molecular formula is C24H21F2N3O4. The van der Waals surface area contributed by atoms with Gasteiger partial charge in [0.05, 0.1) is 11.4 Å². The van der Waals surface area contributed by atoms with E-state index in [1.165, 1.54) is 12.1 Å². The van der Waals surface area contributed by atoms with E-state index in [4.69, 9.17) is 9.26 Å². The summed E-state index contributed by atoms with van der Waals surface area (Å²) in [7, 11) is 0. The fourth-order valence-corrected chi connectivity index (χ4v) is 5.40. The molecule has 170 valence electrons. The van der Waals surface area contributed by atoms with Gasteiger partial charge >= 0.3 is 0 Å². The first-order valence-corrected chi connectivity index (χ1v) is 11.1. The van der Waals surface area contributed by atoms with Crippen LogP contribution in [0.25, 0.3) is 10.9 Å². The Morgan fingerprint density at radius 3 is 2.55 bits per heavy atom. The molecule has 0 N–H and O–H groups in total. The number of nitrogens with zero attached hydrogens (tertiary/aromatic N) is 3. The molecule has 0 aliphatic carbocycles. The molecule has 6 rings (SSSR count). The van der Waals surface area contributed by atoms with E-state index < -0.39 is 29.5 Å². The number of fused-ring (bicyclic) bond motifs is 2. The van der Waals surface area contributed by atoms with Crippen LogP contribution in [0.3, 0.4) is 0 Å². The van der Waals surface area contributed by atoms with E-state index in [1.54, 1.807) is 21.9 Å². The Bertz CT molecular complexity index is 1250. The SMILES string of the molecule is O=C(c1onc2ccccc12)N1CCC2(CC1)O[C@@H]1CC[C@@H](c3cc(F)cc(F)c3)N1C2=O. The smallest absolute Gasteiger partial charge is 0.293 e. The van der Waals surface area contributed by atoms with Gasteiger partial charge in [-0.2, -0.15) is 0 Å². The molecule has 2 amide bonds. The molecular weight excluding hydrogens is 432 g/mol. The van der Waals surface area contributed by atoms with Crippen molar-refractivity contribution in [3.05, 3.63) is 65.4 Å². The quantitative estimate of drug-likeness (QED) is 0.590. The van der Waals surface area contributed by atoms with E-state index in [-0.39, 0.29) is 17.6 Å². The summed E-state index contributed by atoms with van der Waals surface area (Å²) in [5.74, 6) is -1.58. The van der Waals surface area contributed by atoms with Crippen molar-refractivity contribution in [2.45, 2.75) is 43.6 Å². The molecule has 3 aliphatic heterocycles. The highest BCUT2D eigenvalue weighted by atomic mass is 19.1. The van der Waals surface area contributed by atoms with Crippen molar-refractivity contribution < 1.29 is 27.6 Å². The molecule has 9 heteroatoms. The van der Waals surface area contributed by atoms with Crippen LogP contribution in [-0.4, -0.2) is 51.7 Å². The molecule has 3 fully saturated rings. The van der Waals surface area contributed by atoms with Crippen LogP contribution < -0.4 is 0 Å². The monoisotopic (exact) mass is 453 g/mol.